The van der Waals surface area contributed by atoms with Crippen LogP contribution in [0.15, 0.2) is 18.3 Å². The predicted octanol–water partition coefficient (Wildman–Crippen LogP) is 2.78. The van der Waals surface area contributed by atoms with Crippen molar-refractivity contribution in [3.63, 3.8) is 0 Å². The maximum Gasteiger partial charge on any atom is 0.339 e. The average Bonchev–Trinajstić information content (AvgIpc) is 2.96. The monoisotopic (exact) mass is 360 g/mol. The molecule has 0 saturated heterocycles. The first-order valence-corrected chi connectivity index (χ1v) is 8.02. The van der Waals surface area contributed by atoms with Crippen molar-refractivity contribution in [2.24, 2.45) is 0 Å². The van der Waals surface area contributed by atoms with Gasteiger partial charge in [-0.25, -0.2) is 4.79 Å². The summed E-state index contributed by atoms with van der Waals surface area (Å²) < 4.78 is 5.27. The van der Waals surface area contributed by atoms with Gasteiger partial charge in [-0.2, -0.15) is 0 Å². The molecule has 0 atom stereocenters. The van der Waals surface area contributed by atoms with E-state index in [0.717, 1.165) is 6.07 Å². The minimum Gasteiger partial charge on any atom is -0.456 e. The summed E-state index contributed by atoms with van der Waals surface area (Å²) in [5, 5.41) is 10.6. The maximum atomic E-state index is 12.8. The Morgan fingerprint density at radius 1 is 1.28 bits per heavy atom. The van der Waals surface area contributed by atoms with E-state index < -0.39 is 28.1 Å². The number of hydrogen-bond donors (Lipinski definition) is 0. The molecule has 0 radical (unpaired) electrons. The molecule has 1 aliphatic rings. The lowest BCUT2D eigenvalue weighted by Crippen LogP contribution is -2.28. The van der Waals surface area contributed by atoms with Crippen molar-refractivity contribution in [2.75, 3.05) is 0 Å². The van der Waals surface area contributed by atoms with Gasteiger partial charge in [0.2, 0.25) is 11.6 Å². The van der Waals surface area contributed by atoms with E-state index in [1.807, 2.05) is 0 Å². The Bertz CT molecular complexity index is 954. The van der Waals surface area contributed by atoms with Gasteiger partial charge in [0.1, 0.15) is 11.3 Å². The molecule has 9 heteroatoms. The number of ether oxygens (including phenoxy) is 1. The highest BCUT2D eigenvalue weighted by molar-refractivity contribution is 7.18. The number of hydrogen-bond acceptors (Lipinski definition) is 8. The average molecular weight is 360 g/mol. The molecule has 0 spiro atoms. The first-order valence-electron chi connectivity index (χ1n) is 7.20. The summed E-state index contributed by atoms with van der Waals surface area (Å²) in [7, 11) is 0. The molecular formula is C16H12N2O6S. The second-order valence-corrected chi connectivity index (χ2v) is 7.36. The highest BCUT2D eigenvalue weighted by Crippen LogP contribution is 2.37. The van der Waals surface area contributed by atoms with Crippen LogP contribution in [0.1, 0.15) is 62.4 Å². The van der Waals surface area contributed by atoms with Crippen molar-refractivity contribution in [3.8, 4) is 0 Å². The molecule has 0 fully saturated rings. The van der Waals surface area contributed by atoms with Crippen molar-refractivity contribution in [1.82, 2.24) is 4.98 Å². The Morgan fingerprint density at radius 3 is 2.56 bits per heavy atom. The van der Waals surface area contributed by atoms with Crippen LogP contribution in [0.4, 0.5) is 5.00 Å². The van der Waals surface area contributed by atoms with Gasteiger partial charge in [-0.1, -0.05) is 11.3 Å². The largest absolute Gasteiger partial charge is 0.456 e. The SMILES string of the molecule is CC(C)(C)OC(=O)c1ccnc2c1C(=O)c1sc([N+](=O)[O-])cc1C2=O. The smallest absolute Gasteiger partial charge is 0.339 e. The Kier molecular flexibility index (Phi) is 3.76. The molecule has 0 amide bonds. The Morgan fingerprint density at radius 2 is 1.96 bits per heavy atom. The number of rotatable bonds is 2. The van der Waals surface area contributed by atoms with Crippen molar-refractivity contribution in [1.29, 1.82) is 0 Å². The lowest BCUT2D eigenvalue weighted by Gasteiger charge is -2.21. The number of esters is 1. The molecule has 0 bridgehead atoms. The van der Waals surface area contributed by atoms with E-state index in [-0.39, 0.29) is 32.3 Å². The third-order valence-electron chi connectivity index (χ3n) is 3.36. The Balaban J connectivity index is 2.16. The minimum atomic E-state index is -0.790. The molecule has 3 rings (SSSR count). The van der Waals surface area contributed by atoms with Crippen molar-refractivity contribution >= 4 is 33.9 Å². The van der Waals surface area contributed by atoms with Crippen LogP contribution in [0.2, 0.25) is 0 Å². The van der Waals surface area contributed by atoms with Crippen molar-refractivity contribution < 1.29 is 24.0 Å². The molecule has 0 aliphatic heterocycles. The number of thiophene rings is 1. The second-order valence-electron chi connectivity index (χ2n) is 6.33. The number of nitro groups is 1. The van der Waals surface area contributed by atoms with Gasteiger partial charge in [-0.05, 0) is 26.8 Å². The van der Waals surface area contributed by atoms with Crippen LogP contribution in [0.3, 0.4) is 0 Å². The number of nitrogens with zero attached hydrogens (tertiary/aromatic N) is 2. The van der Waals surface area contributed by atoms with Crippen LogP contribution in [0.25, 0.3) is 0 Å². The highest BCUT2D eigenvalue weighted by Gasteiger charge is 2.38. The van der Waals surface area contributed by atoms with Gasteiger partial charge in [0.05, 0.1) is 26.5 Å². The summed E-state index contributed by atoms with van der Waals surface area (Å²) in [5.74, 6) is -2.03. The minimum absolute atomic E-state index is 0.0666. The zero-order valence-corrected chi connectivity index (χ0v) is 14.3. The quantitative estimate of drug-likeness (QED) is 0.392. The van der Waals surface area contributed by atoms with Crippen LogP contribution >= 0.6 is 11.3 Å². The van der Waals surface area contributed by atoms with E-state index >= 15 is 0 Å². The van der Waals surface area contributed by atoms with Crippen LogP contribution in [0, 0.1) is 10.1 Å². The zero-order valence-electron chi connectivity index (χ0n) is 13.5. The molecule has 0 unspecified atom stereocenters. The van der Waals surface area contributed by atoms with E-state index in [9.17, 15) is 24.5 Å². The normalized spacial score (nSPS) is 13.2. The van der Waals surface area contributed by atoms with Crippen LogP contribution < -0.4 is 0 Å². The number of carbonyl (C=O) groups excluding carboxylic acids is 3. The van der Waals surface area contributed by atoms with E-state index in [4.69, 9.17) is 4.74 Å². The fourth-order valence-electron chi connectivity index (χ4n) is 2.41. The number of carbonyl (C=O) groups is 3. The van der Waals surface area contributed by atoms with Crippen molar-refractivity contribution in [2.45, 2.75) is 26.4 Å². The summed E-state index contributed by atoms with van der Waals surface area (Å²) in [6, 6.07) is 2.36. The standard InChI is InChI=1S/C16H12N2O6S/c1-16(2,3)24-15(21)7-4-5-17-11-10(7)13(20)14-8(12(11)19)6-9(25-14)18(22)23/h4-6H,1-3H3. The van der Waals surface area contributed by atoms with Gasteiger partial charge in [-0.15, -0.1) is 0 Å². The summed E-state index contributed by atoms with van der Waals surface area (Å²) in [6.07, 6.45) is 1.23. The highest BCUT2D eigenvalue weighted by atomic mass is 32.1. The van der Waals surface area contributed by atoms with E-state index in [0.29, 0.717) is 11.3 Å². The third kappa shape index (κ3) is 2.82. The molecule has 0 N–H and O–H groups in total. The molecule has 8 nitrogen and oxygen atoms in total. The van der Waals surface area contributed by atoms with Gasteiger partial charge in [0.15, 0.2) is 0 Å². The molecular weight excluding hydrogens is 348 g/mol. The topological polar surface area (TPSA) is 116 Å². The van der Waals surface area contributed by atoms with Crippen LogP contribution in [0.5, 0.6) is 0 Å². The fraction of sp³-hybridized carbons (Fsp3) is 0.250. The van der Waals surface area contributed by atoms with E-state index in [1.165, 1.54) is 12.3 Å². The van der Waals surface area contributed by atoms with E-state index in [2.05, 4.69) is 4.98 Å². The van der Waals surface area contributed by atoms with E-state index in [1.54, 1.807) is 20.8 Å². The molecule has 1 aliphatic carbocycles. The third-order valence-corrected chi connectivity index (χ3v) is 4.45. The maximum absolute atomic E-state index is 12.8. The Labute approximate surface area is 145 Å². The lowest BCUT2D eigenvalue weighted by atomic mass is 9.90. The van der Waals surface area contributed by atoms with Gasteiger partial charge < -0.3 is 4.74 Å². The molecule has 2 aromatic rings. The summed E-state index contributed by atoms with van der Waals surface area (Å²) in [4.78, 5) is 51.8. The lowest BCUT2D eigenvalue weighted by molar-refractivity contribution is -0.380. The van der Waals surface area contributed by atoms with Gasteiger partial charge in [-0.3, -0.25) is 24.7 Å². The first-order chi connectivity index (χ1) is 11.6. The summed E-state index contributed by atoms with van der Waals surface area (Å²) >= 11 is 0.603. The fourth-order valence-corrected chi connectivity index (χ4v) is 3.33. The zero-order chi connectivity index (χ0) is 18.5. The summed E-state index contributed by atoms with van der Waals surface area (Å²) in [6.45, 7) is 5.02. The number of fused-ring (bicyclic) bond motifs is 2. The predicted molar refractivity (Wildman–Crippen MR) is 87.2 cm³/mol. The number of aromatic nitrogens is 1. The summed E-state index contributed by atoms with van der Waals surface area (Å²) in [5.41, 5.74) is -1.32. The number of ketones is 2. The van der Waals surface area contributed by atoms with Gasteiger partial charge in [0.25, 0.3) is 0 Å². The number of pyridine rings is 1. The van der Waals surface area contributed by atoms with Gasteiger partial charge in [0, 0.05) is 12.3 Å². The van der Waals surface area contributed by atoms with Gasteiger partial charge >= 0.3 is 11.0 Å². The molecule has 128 valence electrons. The molecule has 25 heavy (non-hydrogen) atoms. The molecule has 0 saturated carbocycles. The first kappa shape index (κ1) is 16.9. The van der Waals surface area contributed by atoms with Crippen LogP contribution in [-0.2, 0) is 4.74 Å². The molecule has 2 heterocycles. The van der Waals surface area contributed by atoms with Crippen LogP contribution in [-0.4, -0.2) is 33.0 Å². The molecule has 2 aromatic heterocycles. The molecule has 0 aromatic carbocycles. The Hall–Kier alpha value is -2.94. The second kappa shape index (κ2) is 5.55. The van der Waals surface area contributed by atoms with Crippen molar-refractivity contribution in [3.05, 3.63) is 55.7 Å².